The summed E-state index contributed by atoms with van der Waals surface area (Å²) in [6.45, 7) is 6.93. The Labute approximate surface area is 152 Å². The molecule has 1 aromatic carbocycles. The van der Waals surface area contributed by atoms with Gasteiger partial charge in [-0.2, -0.15) is 26.3 Å². The molecule has 2 N–H and O–H groups in total. The van der Waals surface area contributed by atoms with Crippen LogP contribution in [-0.2, 0) is 12.4 Å². The number of hydrogen-bond donors (Lipinski definition) is 2. The molecule has 1 heterocycles. The zero-order chi connectivity index (χ0) is 20.8. The van der Waals surface area contributed by atoms with Gasteiger partial charge in [0.1, 0.15) is 5.69 Å². The topological polar surface area (TPSA) is 45.1 Å². The summed E-state index contributed by atoms with van der Waals surface area (Å²) in [5.41, 5.74) is -4.33. The number of nitrogens with one attached hydrogen (secondary N) is 1. The molecular formula is C18H20F6N2O. The Morgan fingerprint density at radius 3 is 2.07 bits per heavy atom. The number of aliphatic hydroxyl groups is 1. The van der Waals surface area contributed by atoms with E-state index in [1.807, 2.05) is 0 Å². The molecule has 2 rings (SSSR count). The van der Waals surface area contributed by atoms with E-state index in [-0.39, 0.29) is 10.9 Å². The molecule has 150 valence electrons. The fourth-order valence-corrected chi connectivity index (χ4v) is 2.92. The molecule has 27 heavy (non-hydrogen) atoms. The Kier molecular flexibility index (Phi) is 5.51. The van der Waals surface area contributed by atoms with E-state index in [4.69, 9.17) is 0 Å². The highest BCUT2D eigenvalue weighted by Crippen LogP contribution is 2.39. The molecule has 1 aromatic heterocycles. The first kappa shape index (κ1) is 21.4. The minimum atomic E-state index is -4.96. The number of halogens is 6. The van der Waals surface area contributed by atoms with Crippen LogP contribution < -0.4 is 5.32 Å². The van der Waals surface area contributed by atoms with Crippen molar-refractivity contribution in [3.05, 3.63) is 41.1 Å². The predicted octanol–water partition coefficient (Wildman–Crippen LogP) is 5.08. The maximum atomic E-state index is 13.3. The summed E-state index contributed by atoms with van der Waals surface area (Å²) in [6.07, 6.45) is -11.3. The second-order valence-electron chi connectivity index (χ2n) is 7.42. The molecule has 9 heteroatoms. The van der Waals surface area contributed by atoms with Gasteiger partial charge in [0, 0.05) is 17.0 Å². The van der Waals surface area contributed by atoms with E-state index in [0.717, 1.165) is 6.07 Å². The molecule has 2 unspecified atom stereocenters. The van der Waals surface area contributed by atoms with Gasteiger partial charge in [0.2, 0.25) is 0 Å². The van der Waals surface area contributed by atoms with Crippen LogP contribution in [-0.4, -0.2) is 21.7 Å². The fourth-order valence-electron chi connectivity index (χ4n) is 2.92. The molecule has 0 bridgehead atoms. The molecule has 0 saturated carbocycles. The Morgan fingerprint density at radius 2 is 1.59 bits per heavy atom. The van der Waals surface area contributed by atoms with Crippen molar-refractivity contribution < 1.29 is 31.4 Å². The molecule has 2 aromatic rings. The van der Waals surface area contributed by atoms with E-state index in [9.17, 15) is 31.4 Å². The fraction of sp³-hybridized carbons (Fsp3) is 0.500. The molecule has 0 fully saturated rings. The van der Waals surface area contributed by atoms with Crippen molar-refractivity contribution in [3.8, 4) is 0 Å². The number of para-hydroxylation sites is 1. The number of fused-ring (bicyclic) bond motifs is 1. The zero-order valence-corrected chi connectivity index (χ0v) is 15.1. The Balaban J connectivity index is 2.74. The monoisotopic (exact) mass is 394 g/mol. The van der Waals surface area contributed by atoms with Crippen LogP contribution in [0.1, 0.15) is 50.6 Å². The van der Waals surface area contributed by atoms with Crippen molar-refractivity contribution in [2.24, 2.45) is 0 Å². The van der Waals surface area contributed by atoms with E-state index in [1.54, 1.807) is 27.7 Å². The normalized spacial score (nSPS) is 15.8. The standard InChI is InChI=1S/C18H20F6N2O/c1-9(26-16(2,3)4)15(27)11-8-13(18(22,23)24)25-14-10(11)6-5-7-12(14)17(19,20)21/h5-9,15,26-27H,1-4H3. The van der Waals surface area contributed by atoms with Crippen LogP contribution in [0, 0.1) is 0 Å². The SMILES string of the molecule is CC(NC(C)(C)C)C(O)c1cc(C(F)(F)F)nc2c(C(F)(F)F)cccc12. The summed E-state index contributed by atoms with van der Waals surface area (Å²) in [7, 11) is 0. The minimum Gasteiger partial charge on any atom is -0.387 e. The first-order valence-electron chi connectivity index (χ1n) is 8.15. The van der Waals surface area contributed by atoms with Crippen molar-refractivity contribution in [1.29, 1.82) is 0 Å². The number of nitrogens with zero attached hydrogens (tertiary/aromatic N) is 1. The lowest BCUT2D eigenvalue weighted by Crippen LogP contribution is -2.45. The van der Waals surface area contributed by atoms with Crippen LogP contribution in [0.2, 0.25) is 0 Å². The molecule has 0 aliphatic rings. The third-order valence-corrected chi connectivity index (χ3v) is 3.92. The van der Waals surface area contributed by atoms with E-state index in [2.05, 4.69) is 10.3 Å². The van der Waals surface area contributed by atoms with Crippen LogP contribution in [0.25, 0.3) is 10.9 Å². The second-order valence-corrected chi connectivity index (χ2v) is 7.42. The van der Waals surface area contributed by atoms with Gasteiger partial charge in [-0.1, -0.05) is 12.1 Å². The number of alkyl halides is 6. The molecule has 0 saturated heterocycles. The summed E-state index contributed by atoms with van der Waals surface area (Å²) in [4.78, 5) is 3.21. The molecule has 3 nitrogen and oxygen atoms in total. The number of aliphatic hydroxyl groups excluding tert-OH is 1. The van der Waals surface area contributed by atoms with E-state index >= 15 is 0 Å². The Hall–Kier alpha value is -1.87. The molecule has 0 aliphatic heterocycles. The molecule has 0 amide bonds. The van der Waals surface area contributed by atoms with Crippen molar-refractivity contribution in [3.63, 3.8) is 0 Å². The van der Waals surface area contributed by atoms with Gasteiger partial charge < -0.3 is 10.4 Å². The lowest BCUT2D eigenvalue weighted by atomic mass is 9.95. The van der Waals surface area contributed by atoms with Crippen molar-refractivity contribution in [2.75, 3.05) is 0 Å². The molecular weight excluding hydrogens is 374 g/mol. The van der Waals surface area contributed by atoms with Crippen molar-refractivity contribution >= 4 is 10.9 Å². The van der Waals surface area contributed by atoms with E-state index < -0.39 is 46.8 Å². The number of benzene rings is 1. The predicted molar refractivity (Wildman–Crippen MR) is 89.1 cm³/mol. The largest absolute Gasteiger partial charge is 0.433 e. The van der Waals surface area contributed by atoms with Gasteiger partial charge in [0.15, 0.2) is 0 Å². The van der Waals surface area contributed by atoms with Gasteiger partial charge in [-0.15, -0.1) is 0 Å². The minimum absolute atomic E-state index is 0.173. The maximum Gasteiger partial charge on any atom is 0.433 e. The number of rotatable bonds is 3. The van der Waals surface area contributed by atoms with Gasteiger partial charge in [0.25, 0.3) is 0 Å². The lowest BCUT2D eigenvalue weighted by Gasteiger charge is -2.30. The summed E-state index contributed by atoms with van der Waals surface area (Å²) < 4.78 is 79.4. The first-order valence-corrected chi connectivity index (χ1v) is 8.15. The maximum absolute atomic E-state index is 13.3. The summed E-state index contributed by atoms with van der Waals surface area (Å²) in [5.74, 6) is 0. The van der Waals surface area contributed by atoms with Crippen LogP contribution in [0.5, 0.6) is 0 Å². The average molecular weight is 394 g/mol. The van der Waals surface area contributed by atoms with Crippen LogP contribution in [0.4, 0.5) is 26.3 Å². The van der Waals surface area contributed by atoms with Crippen LogP contribution >= 0.6 is 0 Å². The van der Waals surface area contributed by atoms with Gasteiger partial charge in [-0.05, 0) is 45.4 Å². The lowest BCUT2D eigenvalue weighted by molar-refractivity contribution is -0.142. The van der Waals surface area contributed by atoms with E-state index in [0.29, 0.717) is 12.1 Å². The highest BCUT2D eigenvalue weighted by atomic mass is 19.4. The number of pyridine rings is 1. The van der Waals surface area contributed by atoms with Crippen LogP contribution in [0.3, 0.4) is 0 Å². The number of hydrogen-bond acceptors (Lipinski definition) is 3. The molecule has 0 radical (unpaired) electrons. The van der Waals surface area contributed by atoms with Gasteiger partial charge in [-0.3, -0.25) is 0 Å². The third kappa shape index (κ3) is 4.90. The first-order chi connectivity index (χ1) is 12.1. The summed E-state index contributed by atoms with van der Waals surface area (Å²) in [6, 6.07) is 2.86. The highest BCUT2D eigenvalue weighted by molar-refractivity contribution is 5.86. The van der Waals surface area contributed by atoms with Gasteiger partial charge in [-0.25, -0.2) is 4.98 Å². The second kappa shape index (κ2) is 6.94. The Bertz CT molecular complexity index is 823. The van der Waals surface area contributed by atoms with Gasteiger partial charge in [0.05, 0.1) is 17.2 Å². The Morgan fingerprint density at radius 1 is 1.00 bits per heavy atom. The van der Waals surface area contributed by atoms with Crippen molar-refractivity contribution in [2.45, 2.75) is 57.7 Å². The van der Waals surface area contributed by atoms with Gasteiger partial charge >= 0.3 is 12.4 Å². The molecule has 0 spiro atoms. The summed E-state index contributed by atoms with van der Waals surface area (Å²) in [5, 5.41) is 13.4. The highest BCUT2D eigenvalue weighted by Gasteiger charge is 2.38. The van der Waals surface area contributed by atoms with Crippen molar-refractivity contribution in [1.82, 2.24) is 10.3 Å². The molecule has 2 atom stereocenters. The average Bonchev–Trinajstić information content (AvgIpc) is 2.49. The quantitative estimate of drug-likeness (QED) is 0.714. The molecule has 0 aliphatic carbocycles. The van der Waals surface area contributed by atoms with E-state index in [1.165, 1.54) is 6.07 Å². The zero-order valence-electron chi connectivity index (χ0n) is 15.1. The third-order valence-electron chi connectivity index (χ3n) is 3.92. The smallest absolute Gasteiger partial charge is 0.387 e. The summed E-state index contributed by atoms with van der Waals surface area (Å²) >= 11 is 0. The number of aromatic nitrogens is 1. The van der Waals surface area contributed by atoms with Crippen LogP contribution in [0.15, 0.2) is 24.3 Å².